The van der Waals surface area contributed by atoms with Crippen LogP contribution >= 0.6 is 11.3 Å². The lowest BCUT2D eigenvalue weighted by Gasteiger charge is -2.09. The molecule has 1 aromatic carbocycles. The number of aromatic nitrogens is 3. The summed E-state index contributed by atoms with van der Waals surface area (Å²) in [4.78, 5) is 4.44. The normalized spacial score (nSPS) is 12.0. The van der Waals surface area contributed by atoms with Gasteiger partial charge in [0.2, 0.25) is 0 Å². The van der Waals surface area contributed by atoms with Crippen molar-refractivity contribution in [2.75, 3.05) is 0 Å². The number of pyridine rings is 1. The Bertz CT molecular complexity index is 989. The van der Waals surface area contributed by atoms with E-state index in [4.69, 9.17) is 0 Å². The lowest BCUT2D eigenvalue weighted by atomic mass is 10.0. The van der Waals surface area contributed by atoms with Crippen LogP contribution in [0.5, 0.6) is 0 Å². The van der Waals surface area contributed by atoms with Crippen LogP contribution in [0.4, 0.5) is 13.2 Å². The summed E-state index contributed by atoms with van der Waals surface area (Å²) in [5.41, 5.74) is 1.11. The summed E-state index contributed by atoms with van der Waals surface area (Å²) in [6, 6.07) is 14.1. The predicted molar refractivity (Wildman–Crippen MR) is 87.6 cm³/mol. The van der Waals surface area contributed by atoms with E-state index >= 15 is 0 Å². The summed E-state index contributed by atoms with van der Waals surface area (Å²) in [5, 5.41) is 9.27. The molecule has 0 saturated heterocycles. The number of hydrogen-bond acceptors (Lipinski definition) is 3. The first-order valence-electron chi connectivity index (χ1n) is 7.09. The Kier molecular flexibility index (Phi) is 3.38. The number of thiophene rings is 1. The Morgan fingerprint density at radius 3 is 2.46 bits per heavy atom. The minimum atomic E-state index is -4.52. The van der Waals surface area contributed by atoms with Crippen LogP contribution < -0.4 is 0 Å². The van der Waals surface area contributed by atoms with Crippen LogP contribution in [0.15, 0.2) is 53.9 Å². The molecule has 0 spiro atoms. The summed E-state index contributed by atoms with van der Waals surface area (Å²) in [7, 11) is 0. The zero-order valence-corrected chi connectivity index (χ0v) is 12.9. The Balaban J connectivity index is 2.06. The minimum Gasteiger partial charge on any atom is -0.275 e. The first-order valence-corrected chi connectivity index (χ1v) is 7.97. The smallest absolute Gasteiger partial charge is 0.275 e. The molecule has 4 aromatic rings. The van der Waals surface area contributed by atoms with Crippen molar-refractivity contribution in [2.45, 2.75) is 6.18 Å². The fourth-order valence-corrected chi connectivity index (χ4v) is 3.36. The summed E-state index contributed by atoms with van der Waals surface area (Å²) >= 11 is 1.38. The average molecular weight is 345 g/mol. The second-order valence-corrected chi connectivity index (χ2v) is 6.14. The number of alkyl halides is 3. The van der Waals surface area contributed by atoms with E-state index in [0.29, 0.717) is 16.6 Å². The molecule has 4 rings (SSSR count). The largest absolute Gasteiger partial charge is 0.433 e. The highest BCUT2D eigenvalue weighted by Gasteiger charge is 2.34. The Labute approximate surface area is 138 Å². The van der Waals surface area contributed by atoms with Gasteiger partial charge in [-0.1, -0.05) is 36.4 Å². The number of benzene rings is 1. The Morgan fingerprint density at radius 1 is 1.00 bits per heavy atom. The highest BCUT2D eigenvalue weighted by Crippen LogP contribution is 2.39. The van der Waals surface area contributed by atoms with E-state index in [1.165, 1.54) is 11.3 Å². The predicted octanol–water partition coefficient (Wildman–Crippen LogP) is 5.37. The number of hydrogen-bond donors (Lipinski definition) is 1. The van der Waals surface area contributed by atoms with Crippen LogP contribution in [-0.2, 0) is 6.18 Å². The number of nitrogens with zero attached hydrogens (tertiary/aromatic N) is 2. The minimum absolute atomic E-state index is 0.0621. The summed E-state index contributed by atoms with van der Waals surface area (Å²) in [6.45, 7) is 0. The van der Waals surface area contributed by atoms with Crippen molar-refractivity contribution in [3.05, 3.63) is 59.6 Å². The third kappa shape index (κ3) is 2.46. The number of aromatic amines is 1. The molecule has 1 N–H and O–H groups in total. The molecule has 0 aliphatic heterocycles. The van der Waals surface area contributed by atoms with E-state index in [9.17, 15) is 13.2 Å². The summed E-state index contributed by atoms with van der Waals surface area (Å²) in [5.74, 6) is 0. The summed E-state index contributed by atoms with van der Waals surface area (Å²) in [6.07, 6.45) is -4.52. The van der Waals surface area contributed by atoms with Gasteiger partial charge in [0.15, 0.2) is 5.65 Å². The van der Waals surface area contributed by atoms with Gasteiger partial charge in [0.25, 0.3) is 0 Å². The zero-order chi connectivity index (χ0) is 16.7. The lowest BCUT2D eigenvalue weighted by molar-refractivity contribution is -0.140. The first kappa shape index (κ1) is 14.9. The molecule has 0 radical (unpaired) electrons. The number of fused-ring (bicyclic) bond motifs is 1. The SMILES string of the molecule is FC(F)(F)c1cc(-c2cccs2)c2c(-c3ccccc3)[nH]nc2n1. The third-order valence-electron chi connectivity index (χ3n) is 3.66. The Morgan fingerprint density at radius 2 is 1.79 bits per heavy atom. The van der Waals surface area contributed by atoms with Gasteiger partial charge in [-0.05, 0) is 17.5 Å². The van der Waals surface area contributed by atoms with E-state index in [2.05, 4.69) is 15.2 Å². The molecule has 0 fully saturated rings. The fourth-order valence-electron chi connectivity index (χ4n) is 2.61. The molecule has 3 nitrogen and oxygen atoms in total. The Hall–Kier alpha value is -2.67. The molecule has 120 valence electrons. The van der Waals surface area contributed by atoms with Crippen LogP contribution in [0.25, 0.3) is 32.7 Å². The first-order chi connectivity index (χ1) is 11.5. The number of H-pyrrole nitrogens is 1. The van der Waals surface area contributed by atoms with Gasteiger partial charge < -0.3 is 0 Å². The highest BCUT2D eigenvalue weighted by molar-refractivity contribution is 7.13. The van der Waals surface area contributed by atoms with Gasteiger partial charge in [-0.15, -0.1) is 11.3 Å². The zero-order valence-electron chi connectivity index (χ0n) is 12.1. The maximum Gasteiger partial charge on any atom is 0.433 e. The molecule has 0 atom stereocenters. The van der Waals surface area contributed by atoms with E-state index in [1.54, 1.807) is 6.07 Å². The van der Waals surface area contributed by atoms with Crippen molar-refractivity contribution in [2.24, 2.45) is 0 Å². The molecule has 0 amide bonds. The van der Waals surface area contributed by atoms with E-state index in [0.717, 1.165) is 16.5 Å². The van der Waals surface area contributed by atoms with Crippen molar-refractivity contribution in [1.82, 2.24) is 15.2 Å². The number of nitrogens with one attached hydrogen (secondary N) is 1. The number of halogens is 3. The monoisotopic (exact) mass is 345 g/mol. The molecule has 0 bridgehead atoms. The van der Waals surface area contributed by atoms with Crippen molar-refractivity contribution in [3.8, 4) is 21.7 Å². The van der Waals surface area contributed by atoms with Crippen LogP contribution in [0.2, 0.25) is 0 Å². The number of rotatable bonds is 2. The molecular weight excluding hydrogens is 335 g/mol. The van der Waals surface area contributed by atoms with Crippen LogP contribution in [0.3, 0.4) is 0 Å². The molecule has 0 unspecified atom stereocenters. The maximum absolute atomic E-state index is 13.2. The van der Waals surface area contributed by atoms with Crippen molar-refractivity contribution in [3.63, 3.8) is 0 Å². The standard InChI is InChI=1S/C17H10F3N3S/c18-17(19,20)13-9-11(12-7-4-8-24-12)14-15(22-23-16(14)21-13)10-5-2-1-3-6-10/h1-9H,(H,21,22,23). The molecule has 0 aliphatic carbocycles. The maximum atomic E-state index is 13.2. The van der Waals surface area contributed by atoms with Gasteiger partial charge in [0, 0.05) is 16.0 Å². The van der Waals surface area contributed by atoms with Gasteiger partial charge in [-0.25, -0.2) is 4.98 Å². The van der Waals surface area contributed by atoms with Crippen LogP contribution in [0.1, 0.15) is 5.69 Å². The molecule has 0 saturated carbocycles. The van der Waals surface area contributed by atoms with Gasteiger partial charge in [-0.3, -0.25) is 5.10 Å². The molecule has 7 heteroatoms. The molecule has 3 aromatic heterocycles. The van der Waals surface area contributed by atoms with E-state index in [1.807, 2.05) is 41.8 Å². The molecular formula is C17H10F3N3S. The quantitative estimate of drug-likeness (QED) is 0.530. The average Bonchev–Trinajstić information content (AvgIpc) is 3.23. The van der Waals surface area contributed by atoms with E-state index < -0.39 is 11.9 Å². The van der Waals surface area contributed by atoms with E-state index in [-0.39, 0.29) is 5.65 Å². The van der Waals surface area contributed by atoms with Crippen LogP contribution in [0, 0.1) is 0 Å². The summed E-state index contributed by atoms with van der Waals surface area (Å²) < 4.78 is 39.5. The topological polar surface area (TPSA) is 41.6 Å². The van der Waals surface area contributed by atoms with Crippen molar-refractivity contribution >= 4 is 22.4 Å². The molecule has 0 aliphatic rings. The van der Waals surface area contributed by atoms with Gasteiger partial charge in [0.1, 0.15) is 5.69 Å². The third-order valence-corrected chi connectivity index (χ3v) is 4.57. The molecule has 24 heavy (non-hydrogen) atoms. The second kappa shape index (κ2) is 5.45. The molecule has 3 heterocycles. The lowest BCUT2D eigenvalue weighted by Crippen LogP contribution is -2.08. The van der Waals surface area contributed by atoms with Gasteiger partial charge in [0.05, 0.1) is 11.1 Å². The highest BCUT2D eigenvalue weighted by atomic mass is 32.1. The van der Waals surface area contributed by atoms with Crippen LogP contribution in [-0.4, -0.2) is 15.2 Å². The van der Waals surface area contributed by atoms with Crippen molar-refractivity contribution in [1.29, 1.82) is 0 Å². The fraction of sp³-hybridized carbons (Fsp3) is 0.0588. The second-order valence-electron chi connectivity index (χ2n) is 5.19. The van der Waals surface area contributed by atoms with Gasteiger partial charge in [-0.2, -0.15) is 18.3 Å². The van der Waals surface area contributed by atoms with Crippen molar-refractivity contribution < 1.29 is 13.2 Å². The van der Waals surface area contributed by atoms with Gasteiger partial charge >= 0.3 is 6.18 Å².